The summed E-state index contributed by atoms with van der Waals surface area (Å²) < 4.78 is -0.0598. The lowest BCUT2D eigenvalue weighted by atomic mass is 9.67. The summed E-state index contributed by atoms with van der Waals surface area (Å²) in [5.74, 6) is 0.157. The SMILES string of the molecule is O=C1c2ccccc2C(=O)N1C1CC[C@@H]2[C@H]3CCCN4CCC[C@@H](CN2C1=O)[C@@H]34.O=C1c2ccccc2C(=O)N1C1CC[C@@H]2[C@H]3CCC[N+]4([O-])CCC[C@@H](CN2C1=O)[C@@H]34. The van der Waals surface area contributed by atoms with Gasteiger partial charge in [-0.15, -0.1) is 0 Å². The predicted molar refractivity (Wildman–Crippen MR) is 214 cm³/mol. The number of hydrogen-bond acceptors (Lipinski definition) is 8. The molecule has 0 spiro atoms. The molecule has 2 aromatic carbocycles. The summed E-state index contributed by atoms with van der Waals surface area (Å²) in [6, 6.07) is 13.5. The van der Waals surface area contributed by atoms with Crippen molar-refractivity contribution in [3.8, 4) is 0 Å². The summed E-state index contributed by atoms with van der Waals surface area (Å²) in [5, 5.41) is 13.5. The Hall–Kier alpha value is -4.46. The molecule has 0 N–H and O–H groups in total. The zero-order chi connectivity index (χ0) is 40.3. The van der Waals surface area contributed by atoms with Crippen molar-refractivity contribution < 1.29 is 33.4 Å². The van der Waals surface area contributed by atoms with Gasteiger partial charge in [-0.25, -0.2) is 0 Å². The fraction of sp³-hybridized carbons (Fsp3) is 0.609. The molecule has 10 heterocycles. The highest BCUT2D eigenvalue weighted by Crippen LogP contribution is 2.49. The molecule has 0 aromatic heterocycles. The van der Waals surface area contributed by atoms with E-state index in [-0.39, 0.29) is 70.1 Å². The fourth-order valence-electron chi connectivity index (χ4n) is 14.3. The molecule has 11 atom stereocenters. The van der Waals surface area contributed by atoms with E-state index in [1.807, 2.05) is 4.90 Å². The molecular formula is C46H54N6O7. The van der Waals surface area contributed by atoms with Crippen molar-refractivity contribution in [2.24, 2.45) is 23.7 Å². The first-order valence-electron chi connectivity index (χ1n) is 22.5. The van der Waals surface area contributed by atoms with Gasteiger partial charge >= 0.3 is 0 Å². The van der Waals surface area contributed by atoms with E-state index >= 15 is 0 Å². The zero-order valence-electron chi connectivity index (χ0n) is 33.7. The number of amides is 6. The third-order valence-electron chi connectivity index (χ3n) is 16.5. The number of fused-ring (bicyclic) bond motifs is 6. The van der Waals surface area contributed by atoms with Gasteiger partial charge in [-0.1, -0.05) is 24.3 Å². The van der Waals surface area contributed by atoms with Crippen LogP contribution in [0, 0.1) is 28.9 Å². The maximum Gasteiger partial charge on any atom is 0.262 e. The molecule has 0 radical (unpaired) electrons. The van der Waals surface area contributed by atoms with Crippen LogP contribution in [0.5, 0.6) is 0 Å². The second kappa shape index (κ2) is 14.1. The molecule has 13 nitrogen and oxygen atoms in total. The van der Waals surface area contributed by atoms with Crippen molar-refractivity contribution in [3.63, 3.8) is 0 Å². The lowest BCUT2D eigenvalue weighted by molar-refractivity contribution is -0.925. The van der Waals surface area contributed by atoms with E-state index in [0.29, 0.717) is 59.5 Å². The Bertz CT molecular complexity index is 2070. The zero-order valence-corrected chi connectivity index (χ0v) is 33.7. The number of hydroxylamine groups is 3. The van der Waals surface area contributed by atoms with Crippen LogP contribution < -0.4 is 0 Å². The van der Waals surface area contributed by atoms with Crippen LogP contribution in [-0.4, -0.2) is 140 Å². The molecular weight excluding hydrogens is 749 g/mol. The van der Waals surface area contributed by atoms with Gasteiger partial charge < -0.3 is 19.7 Å². The van der Waals surface area contributed by atoms with Crippen LogP contribution in [0.15, 0.2) is 48.5 Å². The number of piperidine rings is 8. The average Bonchev–Trinajstić information content (AvgIpc) is 3.66. The van der Waals surface area contributed by atoms with Gasteiger partial charge in [0.25, 0.3) is 23.6 Å². The maximum absolute atomic E-state index is 13.6. The van der Waals surface area contributed by atoms with E-state index in [4.69, 9.17) is 0 Å². The normalized spacial score (nSPS) is 38.5. The molecule has 8 saturated heterocycles. The van der Waals surface area contributed by atoms with Gasteiger partial charge in [-0.3, -0.25) is 43.5 Å². The molecule has 0 bridgehead atoms. The van der Waals surface area contributed by atoms with Crippen molar-refractivity contribution >= 4 is 35.4 Å². The van der Waals surface area contributed by atoms with E-state index < -0.39 is 12.1 Å². The van der Waals surface area contributed by atoms with E-state index in [9.17, 15) is 34.0 Å². The average molecular weight is 803 g/mol. The molecule has 2 aromatic rings. The summed E-state index contributed by atoms with van der Waals surface area (Å²) in [4.78, 5) is 88.1. The molecule has 8 fully saturated rings. The number of quaternary nitrogens is 1. The number of hydrogen-bond donors (Lipinski definition) is 0. The van der Waals surface area contributed by atoms with Crippen molar-refractivity contribution in [1.82, 2.24) is 24.5 Å². The molecule has 59 heavy (non-hydrogen) atoms. The molecule has 10 aliphatic rings. The Morgan fingerprint density at radius 1 is 0.508 bits per heavy atom. The third-order valence-corrected chi connectivity index (χ3v) is 16.5. The van der Waals surface area contributed by atoms with E-state index in [2.05, 4.69) is 9.80 Å². The molecule has 12 rings (SSSR count). The van der Waals surface area contributed by atoms with E-state index in [0.717, 1.165) is 58.2 Å². The molecule has 13 heteroatoms. The van der Waals surface area contributed by atoms with Crippen molar-refractivity contribution in [2.75, 3.05) is 39.3 Å². The Balaban J connectivity index is 0.000000135. The summed E-state index contributed by atoms with van der Waals surface area (Å²) in [6.45, 7) is 5.24. The summed E-state index contributed by atoms with van der Waals surface area (Å²) in [5.41, 5.74) is 1.65. The summed E-state index contributed by atoms with van der Waals surface area (Å²) >= 11 is 0. The minimum atomic E-state index is -0.719. The molecule has 0 saturated carbocycles. The number of nitrogens with zero attached hydrogens (tertiary/aromatic N) is 6. The standard InChI is InChI=1S/C23H27N3O4.C23H27N3O3/c27-21-15-6-1-2-7-16(15)22(28)25(21)19-10-9-18-17-8-4-12-26(30)11-3-5-14(20(17)26)13-24(18)23(19)29;27-21-15-6-1-2-7-16(15)22(28)26(21)19-10-9-18-17-8-4-12-24-11-3-5-14(20(17)24)13-25(18)23(19)29/h1-2,6-7,14,17-20H,3-5,8-13H2;1-2,6-7,14,17-20H,3-5,8-13H2/t14-,17+,18+,19?,20-,26?;14-,17+,18+,19?,20-/m00/s1. The number of imide groups is 2. The second-order valence-electron chi connectivity index (χ2n) is 19.2. The molecule has 3 unspecified atom stereocenters. The van der Waals surface area contributed by atoms with Gasteiger partial charge in [0.15, 0.2) is 0 Å². The van der Waals surface area contributed by atoms with Crippen molar-refractivity contribution in [2.45, 2.75) is 113 Å². The van der Waals surface area contributed by atoms with Gasteiger partial charge in [0.1, 0.15) is 12.1 Å². The number of benzene rings is 2. The van der Waals surface area contributed by atoms with Gasteiger partial charge in [0, 0.05) is 43.1 Å². The number of carbonyl (C=O) groups excluding carboxylic acids is 6. The van der Waals surface area contributed by atoms with Crippen LogP contribution in [0.1, 0.15) is 118 Å². The van der Waals surface area contributed by atoms with Gasteiger partial charge in [-0.05, 0) is 126 Å². The first kappa shape index (κ1) is 37.5. The second-order valence-corrected chi connectivity index (χ2v) is 19.2. The van der Waals surface area contributed by atoms with Crippen LogP contribution in [0.4, 0.5) is 0 Å². The van der Waals surface area contributed by atoms with Crippen LogP contribution in [0.25, 0.3) is 0 Å². The quantitative estimate of drug-likeness (QED) is 0.249. The highest BCUT2D eigenvalue weighted by molar-refractivity contribution is 6.23. The molecule has 6 amide bonds. The lowest BCUT2D eigenvalue weighted by Crippen LogP contribution is -2.73. The van der Waals surface area contributed by atoms with Crippen molar-refractivity contribution in [3.05, 3.63) is 76.0 Å². The minimum Gasteiger partial charge on any atom is -0.633 e. The van der Waals surface area contributed by atoms with Crippen LogP contribution in [0.2, 0.25) is 0 Å². The van der Waals surface area contributed by atoms with Crippen molar-refractivity contribution in [1.29, 1.82) is 0 Å². The Morgan fingerprint density at radius 2 is 0.949 bits per heavy atom. The number of rotatable bonds is 2. The summed E-state index contributed by atoms with van der Waals surface area (Å²) in [6.07, 6.45) is 11.4. The Labute approximate surface area is 344 Å². The Morgan fingerprint density at radius 3 is 1.49 bits per heavy atom. The number of carbonyl (C=O) groups is 6. The maximum atomic E-state index is 13.6. The molecule has 0 aliphatic carbocycles. The monoisotopic (exact) mass is 802 g/mol. The predicted octanol–water partition coefficient (Wildman–Crippen LogP) is 4.31. The van der Waals surface area contributed by atoms with Crippen LogP contribution in [0.3, 0.4) is 0 Å². The highest BCUT2D eigenvalue weighted by Gasteiger charge is 2.59. The fourth-order valence-corrected chi connectivity index (χ4v) is 14.3. The smallest absolute Gasteiger partial charge is 0.262 e. The first-order valence-corrected chi connectivity index (χ1v) is 22.5. The summed E-state index contributed by atoms with van der Waals surface area (Å²) in [7, 11) is 0. The van der Waals surface area contributed by atoms with Gasteiger partial charge in [-0.2, -0.15) is 0 Å². The molecule has 10 aliphatic heterocycles. The van der Waals surface area contributed by atoms with Crippen LogP contribution >= 0.6 is 0 Å². The Kier molecular flexibility index (Phi) is 8.94. The topological polar surface area (TPSA) is 142 Å². The van der Waals surface area contributed by atoms with E-state index in [1.54, 1.807) is 48.5 Å². The third kappa shape index (κ3) is 5.59. The van der Waals surface area contributed by atoms with Crippen LogP contribution in [-0.2, 0) is 9.59 Å². The largest absolute Gasteiger partial charge is 0.633 e. The first-order chi connectivity index (χ1) is 28.6. The van der Waals surface area contributed by atoms with E-state index in [1.165, 1.54) is 48.6 Å². The van der Waals surface area contributed by atoms with Gasteiger partial charge in [0.05, 0.1) is 41.4 Å². The minimum absolute atomic E-state index is 0.00287. The molecule has 310 valence electrons. The van der Waals surface area contributed by atoms with Gasteiger partial charge in [0.2, 0.25) is 11.8 Å². The lowest BCUT2D eigenvalue weighted by Gasteiger charge is -2.64. The highest BCUT2D eigenvalue weighted by atomic mass is 16.5.